The SMILES string of the molecule is C=CCn1c(O)c(C=Nc2cccc(C)c2)c(C)c(C#N)c1=O. The molecule has 0 aliphatic carbocycles. The maximum Gasteiger partial charge on any atom is 0.271 e. The van der Waals surface area contributed by atoms with Crippen molar-refractivity contribution in [3.63, 3.8) is 0 Å². The third-order valence-electron chi connectivity index (χ3n) is 3.50. The van der Waals surface area contributed by atoms with E-state index in [4.69, 9.17) is 0 Å². The van der Waals surface area contributed by atoms with Gasteiger partial charge < -0.3 is 5.11 Å². The van der Waals surface area contributed by atoms with E-state index in [1.807, 2.05) is 37.3 Å². The number of nitriles is 1. The number of aromatic nitrogens is 1. The maximum absolute atomic E-state index is 12.2. The highest BCUT2D eigenvalue weighted by atomic mass is 16.3. The molecule has 0 saturated heterocycles. The lowest BCUT2D eigenvalue weighted by molar-refractivity contribution is 0.414. The molecule has 0 aliphatic rings. The van der Waals surface area contributed by atoms with Crippen molar-refractivity contribution in [2.75, 3.05) is 0 Å². The predicted octanol–water partition coefficient (Wildman–Crippen LogP) is 2.98. The Bertz CT molecular complexity index is 886. The second kappa shape index (κ2) is 6.75. The lowest BCUT2D eigenvalue weighted by atomic mass is 10.1. The monoisotopic (exact) mass is 307 g/mol. The number of hydrogen-bond donors (Lipinski definition) is 1. The molecule has 2 rings (SSSR count). The smallest absolute Gasteiger partial charge is 0.271 e. The molecule has 2 aromatic rings. The quantitative estimate of drug-likeness (QED) is 0.696. The maximum atomic E-state index is 12.2. The van der Waals surface area contributed by atoms with E-state index in [2.05, 4.69) is 11.6 Å². The minimum atomic E-state index is -0.532. The van der Waals surface area contributed by atoms with Crippen LogP contribution in [0.3, 0.4) is 0 Å². The molecule has 23 heavy (non-hydrogen) atoms. The molecule has 0 unspecified atom stereocenters. The number of aryl methyl sites for hydroxylation is 1. The molecule has 1 aromatic heterocycles. The highest BCUT2D eigenvalue weighted by Gasteiger charge is 2.17. The normalized spacial score (nSPS) is 10.7. The van der Waals surface area contributed by atoms with Crippen molar-refractivity contribution in [2.24, 2.45) is 4.99 Å². The molecule has 0 bridgehead atoms. The topological polar surface area (TPSA) is 78.4 Å². The fraction of sp³-hybridized carbons (Fsp3) is 0.167. The second-order valence-electron chi connectivity index (χ2n) is 5.15. The zero-order valence-electron chi connectivity index (χ0n) is 13.1. The number of rotatable bonds is 4. The minimum absolute atomic E-state index is 0.00431. The van der Waals surface area contributed by atoms with E-state index in [0.717, 1.165) is 15.8 Å². The van der Waals surface area contributed by atoms with Crippen LogP contribution in [-0.2, 0) is 6.54 Å². The summed E-state index contributed by atoms with van der Waals surface area (Å²) in [5.41, 5.74) is 2.01. The molecule has 0 spiro atoms. The summed E-state index contributed by atoms with van der Waals surface area (Å²) in [6.45, 7) is 7.26. The Balaban J connectivity index is 2.62. The van der Waals surface area contributed by atoms with Crippen LogP contribution in [0.5, 0.6) is 5.88 Å². The summed E-state index contributed by atoms with van der Waals surface area (Å²) >= 11 is 0. The molecule has 0 fully saturated rings. The number of aromatic hydroxyl groups is 1. The molecular formula is C18H17N3O2. The Morgan fingerprint density at radius 1 is 1.43 bits per heavy atom. The number of hydrogen-bond acceptors (Lipinski definition) is 4. The Kier molecular flexibility index (Phi) is 4.77. The standard InChI is InChI=1S/C18H17N3O2/c1-4-8-21-17(22)15(10-19)13(3)16(18(21)23)11-20-14-7-5-6-12(2)9-14/h4-7,9,11,23H,1,8H2,2-3H3. The summed E-state index contributed by atoms with van der Waals surface area (Å²) in [5.74, 6) is -0.220. The number of benzene rings is 1. The third-order valence-corrected chi connectivity index (χ3v) is 3.50. The van der Waals surface area contributed by atoms with E-state index in [0.29, 0.717) is 11.1 Å². The molecule has 1 aromatic carbocycles. The molecule has 1 N–H and O–H groups in total. The molecule has 0 radical (unpaired) electrons. The van der Waals surface area contributed by atoms with Gasteiger partial charge in [0.15, 0.2) is 0 Å². The Hall–Kier alpha value is -3.13. The summed E-state index contributed by atoms with van der Waals surface area (Å²) in [4.78, 5) is 16.5. The van der Waals surface area contributed by atoms with Gasteiger partial charge >= 0.3 is 0 Å². The van der Waals surface area contributed by atoms with Crippen LogP contribution in [0.4, 0.5) is 5.69 Å². The van der Waals surface area contributed by atoms with Crippen LogP contribution in [0.2, 0.25) is 0 Å². The average Bonchev–Trinajstić information content (AvgIpc) is 2.52. The zero-order valence-corrected chi connectivity index (χ0v) is 13.1. The first-order valence-electron chi connectivity index (χ1n) is 7.07. The number of nitrogens with zero attached hydrogens (tertiary/aromatic N) is 3. The van der Waals surface area contributed by atoms with E-state index < -0.39 is 5.56 Å². The van der Waals surface area contributed by atoms with Gasteiger partial charge in [-0.2, -0.15) is 5.26 Å². The molecule has 0 atom stereocenters. The van der Waals surface area contributed by atoms with Crippen LogP contribution >= 0.6 is 0 Å². The van der Waals surface area contributed by atoms with Crippen molar-refractivity contribution in [3.8, 4) is 11.9 Å². The molecule has 116 valence electrons. The average molecular weight is 307 g/mol. The lowest BCUT2D eigenvalue weighted by Crippen LogP contribution is -2.24. The van der Waals surface area contributed by atoms with Crippen molar-refractivity contribution < 1.29 is 5.11 Å². The van der Waals surface area contributed by atoms with Crippen LogP contribution in [-0.4, -0.2) is 15.9 Å². The molecule has 5 heteroatoms. The van der Waals surface area contributed by atoms with E-state index in [9.17, 15) is 15.2 Å². The fourth-order valence-electron chi connectivity index (χ4n) is 2.27. The first-order chi connectivity index (χ1) is 11.0. The van der Waals surface area contributed by atoms with Gasteiger partial charge in [-0.25, -0.2) is 0 Å². The van der Waals surface area contributed by atoms with Crippen LogP contribution in [0.1, 0.15) is 22.3 Å². The third kappa shape index (κ3) is 3.22. The molecule has 0 saturated carbocycles. The van der Waals surface area contributed by atoms with Gasteiger partial charge in [-0.1, -0.05) is 18.2 Å². The van der Waals surface area contributed by atoms with Crippen molar-refractivity contribution >= 4 is 11.9 Å². The number of aliphatic imine (C=N–C) groups is 1. The van der Waals surface area contributed by atoms with Gasteiger partial charge in [0.25, 0.3) is 5.56 Å². The molecular weight excluding hydrogens is 290 g/mol. The van der Waals surface area contributed by atoms with Gasteiger partial charge in [-0.05, 0) is 37.1 Å². The Labute approximate surface area is 134 Å². The minimum Gasteiger partial charge on any atom is -0.494 e. The molecule has 5 nitrogen and oxygen atoms in total. The highest BCUT2D eigenvalue weighted by Crippen LogP contribution is 2.21. The predicted molar refractivity (Wildman–Crippen MR) is 90.4 cm³/mol. The van der Waals surface area contributed by atoms with Gasteiger partial charge in [0, 0.05) is 12.8 Å². The van der Waals surface area contributed by atoms with Crippen LogP contribution < -0.4 is 5.56 Å². The Morgan fingerprint density at radius 3 is 2.78 bits per heavy atom. The highest BCUT2D eigenvalue weighted by molar-refractivity contribution is 5.87. The second-order valence-corrected chi connectivity index (χ2v) is 5.15. The van der Waals surface area contributed by atoms with Gasteiger partial charge in [0.1, 0.15) is 11.6 Å². The number of allylic oxidation sites excluding steroid dienone is 1. The summed E-state index contributed by atoms with van der Waals surface area (Å²) in [5, 5.41) is 19.6. The van der Waals surface area contributed by atoms with Crippen molar-refractivity contribution in [1.82, 2.24) is 4.57 Å². The van der Waals surface area contributed by atoms with Crippen LogP contribution in [0, 0.1) is 25.2 Å². The van der Waals surface area contributed by atoms with E-state index in [1.165, 1.54) is 12.3 Å². The van der Waals surface area contributed by atoms with E-state index >= 15 is 0 Å². The summed E-state index contributed by atoms with van der Waals surface area (Å²) in [7, 11) is 0. The lowest BCUT2D eigenvalue weighted by Gasteiger charge is -2.12. The van der Waals surface area contributed by atoms with Crippen molar-refractivity contribution in [1.29, 1.82) is 5.26 Å². The van der Waals surface area contributed by atoms with E-state index in [-0.39, 0.29) is 18.0 Å². The summed E-state index contributed by atoms with van der Waals surface area (Å²) in [6, 6.07) is 9.47. The Morgan fingerprint density at radius 2 is 2.17 bits per heavy atom. The van der Waals surface area contributed by atoms with Gasteiger partial charge in [-0.3, -0.25) is 14.4 Å². The van der Waals surface area contributed by atoms with Gasteiger partial charge in [-0.15, -0.1) is 6.58 Å². The molecule has 1 heterocycles. The van der Waals surface area contributed by atoms with E-state index in [1.54, 1.807) is 6.92 Å². The largest absolute Gasteiger partial charge is 0.494 e. The molecule has 0 aliphatic heterocycles. The fourth-order valence-corrected chi connectivity index (χ4v) is 2.27. The number of pyridine rings is 1. The van der Waals surface area contributed by atoms with Gasteiger partial charge in [0.05, 0.1) is 11.3 Å². The van der Waals surface area contributed by atoms with Gasteiger partial charge in [0.2, 0.25) is 5.88 Å². The summed E-state index contributed by atoms with van der Waals surface area (Å²) in [6.07, 6.45) is 2.96. The first kappa shape index (κ1) is 16.2. The van der Waals surface area contributed by atoms with Crippen molar-refractivity contribution in [2.45, 2.75) is 20.4 Å². The summed E-state index contributed by atoms with van der Waals surface area (Å²) < 4.78 is 1.11. The molecule has 0 amide bonds. The van der Waals surface area contributed by atoms with Crippen LogP contribution in [0.15, 0.2) is 46.7 Å². The first-order valence-corrected chi connectivity index (χ1v) is 7.07. The zero-order chi connectivity index (χ0) is 17.0. The van der Waals surface area contributed by atoms with Crippen LogP contribution in [0.25, 0.3) is 0 Å². The van der Waals surface area contributed by atoms with Crippen molar-refractivity contribution in [3.05, 3.63) is 69.5 Å².